The highest BCUT2D eigenvalue weighted by Gasteiger charge is 2.24. The normalized spacial score (nSPS) is 10.9. The van der Waals surface area contributed by atoms with E-state index in [0.29, 0.717) is 47.2 Å². The zero-order chi connectivity index (χ0) is 36.0. The summed E-state index contributed by atoms with van der Waals surface area (Å²) < 4.78 is 32.7. The molecule has 0 aliphatic rings. The van der Waals surface area contributed by atoms with Gasteiger partial charge in [-0.05, 0) is 55.7 Å². The van der Waals surface area contributed by atoms with Crippen molar-refractivity contribution in [3.8, 4) is 68.7 Å². The van der Waals surface area contributed by atoms with Gasteiger partial charge < -0.3 is 43.7 Å². The molecular weight excluding hydrogens is 642 g/mol. The Hall–Kier alpha value is -5.43. The molecule has 0 aliphatic heterocycles. The number of methoxy groups -OCH3 is 3. The summed E-state index contributed by atoms with van der Waals surface area (Å²) in [6, 6.07) is 9.97. The van der Waals surface area contributed by atoms with Crippen LogP contribution < -0.4 is 14.2 Å². The largest absolute Gasteiger partial charge is 0.507 e. The second kappa shape index (κ2) is 18.4. The molecule has 264 valence electrons. The lowest BCUT2D eigenvalue weighted by Crippen LogP contribution is -2.07. The minimum atomic E-state index is -0.140. The predicted octanol–water partition coefficient (Wildman–Crippen LogP) is 6.21. The molecule has 0 amide bonds. The summed E-state index contributed by atoms with van der Waals surface area (Å²) in [6.07, 6.45) is 5.78. The number of phenols is 3. The maximum Gasteiger partial charge on any atom is 0.188 e. The van der Waals surface area contributed by atoms with Crippen LogP contribution in [-0.2, 0) is 33.5 Å². The minimum absolute atomic E-state index is 0.0298. The van der Waals surface area contributed by atoms with Gasteiger partial charge in [0.2, 0.25) is 0 Å². The topological polar surface area (TPSA) is 155 Å². The van der Waals surface area contributed by atoms with Crippen molar-refractivity contribution in [1.82, 2.24) is 15.0 Å². The molecule has 3 N–H and O–H groups in total. The van der Waals surface area contributed by atoms with Crippen molar-refractivity contribution in [2.45, 2.75) is 19.3 Å². The Labute approximate surface area is 291 Å². The first-order chi connectivity index (χ1) is 24.3. The van der Waals surface area contributed by atoms with Crippen LogP contribution in [-0.4, -0.2) is 84.8 Å². The first-order valence-corrected chi connectivity index (χ1v) is 15.8. The highest BCUT2D eigenvalue weighted by molar-refractivity contribution is 5.77. The zero-order valence-corrected chi connectivity index (χ0v) is 28.6. The Morgan fingerprint density at radius 2 is 0.840 bits per heavy atom. The first-order valence-electron chi connectivity index (χ1n) is 15.8. The Morgan fingerprint density at radius 3 is 1.14 bits per heavy atom. The molecule has 1 heterocycles. The molecule has 0 radical (unpaired) electrons. The van der Waals surface area contributed by atoms with E-state index in [-0.39, 0.29) is 90.7 Å². The number of hydrogen-bond acceptors (Lipinski definition) is 12. The number of aromatic nitrogens is 3. The Kier molecular flexibility index (Phi) is 13.7. The van der Waals surface area contributed by atoms with Crippen molar-refractivity contribution >= 4 is 0 Å². The molecule has 3 aromatic carbocycles. The fraction of sp³-hybridized carbons (Fsp3) is 0.289. The van der Waals surface area contributed by atoms with E-state index in [1.807, 2.05) is 0 Å². The molecule has 12 nitrogen and oxygen atoms in total. The van der Waals surface area contributed by atoms with Gasteiger partial charge in [0.15, 0.2) is 24.3 Å². The molecule has 0 spiro atoms. The van der Waals surface area contributed by atoms with Crippen LogP contribution in [0.1, 0.15) is 16.7 Å². The van der Waals surface area contributed by atoms with Gasteiger partial charge in [0.1, 0.15) is 47.7 Å². The van der Waals surface area contributed by atoms with E-state index in [0.717, 1.165) is 0 Å². The summed E-state index contributed by atoms with van der Waals surface area (Å²) in [6.45, 7) is 12.7. The zero-order valence-electron chi connectivity index (χ0n) is 28.6. The van der Waals surface area contributed by atoms with Crippen molar-refractivity contribution in [3.63, 3.8) is 0 Å². The average molecular weight is 686 g/mol. The molecule has 4 aromatic rings. The number of phenolic OH excluding ortho intramolecular Hbond substituents is 3. The van der Waals surface area contributed by atoms with E-state index in [4.69, 9.17) is 43.4 Å². The highest BCUT2D eigenvalue weighted by atomic mass is 16.7. The van der Waals surface area contributed by atoms with Gasteiger partial charge in [0.05, 0.1) is 29.9 Å². The predicted molar refractivity (Wildman–Crippen MR) is 190 cm³/mol. The maximum absolute atomic E-state index is 11.6. The van der Waals surface area contributed by atoms with Crippen molar-refractivity contribution in [2.75, 3.05) is 54.5 Å². The molecule has 0 fully saturated rings. The number of hydrogen-bond donors (Lipinski definition) is 3. The number of aromatic hydroxyl groups is 3. The third-order valence-corrected chi connectivity index (χ3v) is 7.55. The van der Waals surface area contributed by atoms with Gasteiger partial charge in [-0.25, -0.2) is 15.0 Å². The van der Waals surface area contributed by atoms with Crippen LogP contribution in [0.25, 0.3) is 34.2 Å². The summed E-state index contributed by atoms with van der Waals surface area (Å²) in [5.74, 6) is 1.13. The Balaban J connectivity index is 1.98. The smallest absolute Gasteiger partial charge is 0.188 e. The lowest BCUT2D eigenvalue weighted by molar-refractivity contribution is 0.0503. The lowest BCUT2D eigenvalue weighted by Gasteiger charge is -2.17. The van der Waals surface area contributed by atoms with Crippen molar-refractivity contribution in [3.05, 3.63) is 91.1 Å². The van der Waals surface area contributed by atoms with Crippen LogP contribution in [0.2, 0.25) is 0 Å². The van der Waals surface area contributed by atoms with Gasteiger partial charge in [-0.2, -0.15) is 0 Å². The molecular formula is C38H43N3O9. The maximum atomic E-state index is 11.6. The fourth-order valence-electron chi connectivity index (χ4n) is 5.15. The van der Waals surface area contributed by atoms with E-state index in [2.05, 4.69) is 19.7 Å². The van der Waals surface area contributed by atoms with Gasteiger partial charge in [-0.15, -0.1) is 19.7 Å². The highest BCUT2D eigenvalue weighted by Crippen LogP contribution is 2.42. The number of benzene rings is 3. The minimum Gasteiger partial charge on any atom is -0.507 e. The third kappa shape index (κ3) is 8.58. The first kappa shape index (κ1) is 37.4. The molecule has 12 heteroatoms. The van der Waals surface area contributed by atoms with E-state index >= 15 is 0 Å². The van der Waals surface area contributed by atoms with Crippen LogP contribution in [0.4, 0.5) is 0 Å². The lowest BCUT2D eigenvalue weighted by atomic mass is 10.0. The van der Waals surface area contributed by atoms with E-state index in [1.54, 1.807) is 68.8 Å². The number of ether oxygens (including phenoxy) is 6. The molecule has 0 saturated heterocycles. The quantitative estimate of drug-likeness (QED) is 0.0551. The van der Waals surface area contributed by atoms with Crippen LogP contribution >= 0.6 is 0 Å². The van der Waals surface area contributed by atoms with Gasteiger partial charge in [-0.3, -0.25) is 0 Å². The van der Waals surface area contributed by atoms with E-state index in [1.165, 1.54) is 7.11 Å². The second-order valence-corrected chi connectivity index (χ2v) is 10.8. The molecule has 4 rings (SSSR count). The third-order valence-electron chi connectivity index (χ3n) is 7.55. The Morgan fingerprint density at radius 1 is 0.500 bits per heavy atom. The van der Waals surface area contributed by atoms with Gasteiger partial charge in [0, 0.05) is 38.0 Å². The Bertz CT molecular complexity index is 1720. The van der Waals surface area contributed by atoms with E-state index < -0.39 is 0 Å². The number of nitrogens with zero attached hydrogens (tertiary/aromatic N) is 3. The van der Waals surface area contributed by atoms with Gasteiger partial charge >= 0.3 is 0 Å². The van der Waals surface area contributed by atoms with Crippen molar-refractivity contribution < 1.29 is 43.7 Å². The van der Waals surface area contributed by atoms with Crippen LogP contribution in [0, 0.1) is 0 Å². The molecule has 0 unspecified atom stereocenters. The number of rotatable bonds is 20. The van der Waals surface area contributed by atoms with Crippen LogP contribution in [0.5, 0.6) is 34.5 Å². The molecule has 50 heavy (non-hydrogen) atoms. The van der Waals surface area contributed by atoms with E-state index in [9.17, 15) is 15.3 Å². The van der Waals surface area contributed by atoms with Gasteiger partial charge in [-0.1, -0.05) is 18.2 Å². The molecule has 0 saturated carbocycles. The SMILES string of the molecule is C=CCc1c(OCCOC)ccc(-c2nc(-c3ccc(OCCOC)c(CC=C)c3O)nc(-c3ccc(OCOC)c(CC=C)c3O)n2)c1O. The molecule has 0 bridgehead atoms. The standard InChI is InChI=1S/C38H43N3O9/c1-7-10-24-30(48-21-19-45-4)16-13-27(33(24)42)36-39-37(28-14-17-31(49-22-20-46-5)25(11-8-2)34(28)43)41-38(40-36)29-15-18-32(50-23-47-6)26(12-9-3)35(29)44/h7-9,13-18,42-44H,1-3,10-12,19-23H2,4-6H3. The van der Waals surface area contributed by atoms with Crippen molar-refractivity contribution in [1.29, 1.82) is 0 Å². The summed E-state index contributed by atoms with van der Waals surface area (Å²) in [5.41, 5.74) is 2.18. The monoisotopic (exact) mass is 685 g/mol. The number of allylic oxidation sites excluding steroid dienone is 3. The molecule has 0 atom stereocenters. The fourth-order valence-corrected chi connectivity index (χ4v) is 5.15. The second-order valence-electron chi connectivity index (χ2n) is 10.8. The van der Waals surface area contributed by atoms with Gasteiger partial charge in [0.25, 0.3) is 0 Å². The summed E-state index contributed by atoms with van der Waals surface area (Å²) in [7, 11) is 4.64. The average Bonchev–Trinajstić information content (AvgIpc) is 3.11. The summed E-state index contributed by atoms with van der Waals surface area (Å²) in [4.78, 5) is 14.2. The molecule has 1 aromatic heterocycles. The van der Waals surface area contributed by atoms with Crippen LogP contribution in [0.15, 0.2) is 74.4 Å². The van der Waals surface area contributed by atoms with Crippen molar-refractivity contribution in [2.24, 2.45) is 0 Å². The summed E-state index contributed by atoms with van der Waals surface area (Å²) >= 11 is 0. The summed E-state index contributed by atoms with van der Waals surface area (Å²) in [5, 5.41) is 34.7. The molecule has 0 aliphatic carbocycles. The van der Waals surface area contributed by atoms with Crippen LogP contribution in [0.3, 0.4) is 0 Å².